The summed E-state index contributed by atoms with van der Waals surface area (Å²) in [6, 6.07) is 15.5. The predicted octanol–water partition coefficient (Wildman–Crippen LogP) is 3.55. The van der Waals surface area contributed by atoms with Crippen molar-refractivity contribution in [3.05, 3.63) is 65.2 Å². The van der Waals surface area contributed by atoms with Crippen LogP contribution in [0, 0.1) is 5.92 Å². The lowest BCUT2D eigenvalue weighted by Crippen LogP contribution is -2.28. The summed E-state index contributed by atoms with van der Waals surface area (Å²) in [6.07, 6.45) is 1.39. The van der Waals surface area contributed by atoms with Crippen molar-refractivity contribution in [3.63, 3.8) is 0 Å². The molecule has 2 amide bonds. The minimum Gasteiger partial charge on any atom is -0.352 e. The fourth-order valence-electron chi connectivity index (χ4n) is 3.16. The molecule has 1 aliphatic heterocycles. The van der Waals surface area contributed by atoms with Gasteiger partial charge in [-0.25, -0.2) is 0 Å². The van der Waals surface area contributed by atoms with Crippen LogP contribution in [0.3, 0.4) is 0 Å². The minimum absolute atomic E-state index is 0.0392. The second kappa shape index (κ2) is 7.51. The molecule has 2 aromatic carbocycles. The third kappa shape index (κ3) is 4.08. The second-order valence-electron chi connectivity index (χ2n) is 6.91. The Bertz CT molecular complexity index is 769. The van der Waals surface area contributed by atoms with Gasteiger partial charge in [0.2, 0.25) is 5.91 Å². The Kier molecular flexibility index (Phi) is 5.17. The van der Waals surface area contributed by atoms with Crippen LogP contribution in [0.5, 0.6) is 0 Å². The summed E-state index contributed by atoms with van der Waals surface area (Å²) in [7, 11) is 0. The van der Waals surface area contributed by atoms with Crippen molar-refractivity contribution in [2.75, 3.05) is 11.4 Å². The van der Waals surface area contributed by atoms with Crippen LogP contribution in [-0.2, 0) is 17.8 Å². The molecule has 0 saturated heterocycles. The van der Waals surface area contributed by atoms with Crippen molar-refractivity contribution in [2.24, 2.45) is 5.92 Å². The third-order valence-electron chi connectivity index (χ3n) is 4.39. The van der Waals surface area contributed by atoms with Crippen molar-refractivity contribution in [1.82, 2.24) is 5.32 Å². The van der Waals surface area contributed by atoms with Gasteiger partial charge in [0.25, 0.3) is 5.91 Å². The van der Waals surface area contributed by atoms with E-state index in [4.69, 9.17) is 0 Å². The standard InChI is InChI=1S/C21H24N2O2/c1-15(2)12-20(24)22-14-16-8-9-19-18(13-16)10-11-23(19)21(25)17-6-4-3-5-7-17/h3-9,13,15H,10-12,14H2,1-2H3,(H,22,24). The number of benzene rings is 2. The highest BCUT2D eigenvalue weighted by Gasteiger charge is 2.25. The molecule has 0 aliphatic carbocycles. The van der Waals surface area contributed by atoms with Gasteiger partial charge >= 0.3 is 0 Å². The molecule has 0 unspecified atom stereocenters. The molecule has 0 bridgehead atoms. The molecule has 0 atom stereocenters. The van der Waals surface area contributed by atoms with E-state index in [1.54, 1.807) is 0 Å². The molecule has 0 fully saturated rings. The summed E-state index contributed by atoms with van der Waals surface area (Å²) in [4.78, 5) is 26.3. The van der Waals surface area contributed by atoms with Gasteiger partial charge in [0.1, 0.15) is 0 Å². The molecule has 0 radical (unpaired) electrons. The lowest BCUT2D eigenvalue weighted by Gasteiger charge is -2.17. The molecule has 0 spiro atoms. The monoisotopic (exact) mass is 336 g/mol. The van der Waals surface area contributed by atoms with E-state index in [0.29, 0.717) is 31.0 Å². The van der Waals surface area contributed by atoms with E-state index in [2.05, 4.69) is 11.4 Å². The number of anilines is 1. The lowest BCUT2D eigenvalue weighted by atomic mass is 10.1. The quantitative estimate of drug-likeness (QED) is 0.908. The van der Waals surface area contributed by atoms with Crippen molar-refractivity contribution >= 4 is 17.5 Å². The Morgan fingerprint density at radius 1 is 1.12 bits per heavy atom. The second-order valence-corrected chi connectivity index (χ2v) is 6.91. The number of carbonyl (C=O) groups is 2. The summed E-state index contributed by atoms with van der Waals surface area (Å²) in [6.45, 7) is 5.30. The van der Waals surface area contributed by atoms with Crippen LogP contribution in [-0.4, -0.2) is 18.4 Å². The van der Waals surface area contributed by atoms with Crippen LogP contribution in [0.25, 0.3) is 0 Å². The first-order chi connectivity index (χ1) is 12.0. The van der Waals surface area contributed by atoms with Gasteiger partial charge in [-0.05, 0) is 41.7 Å². The number of hydrogen-bond acceptors (Lipinski definition) is 2. The number of carbonyl (C=O) groups excluding carboxylic acids is 2. The summed E-state index contributed by atoms with van der Waals surface area (Å²) in [5, 5.41) is 2.96. The number of nitrogens with zero attached hydrogens (tertiary/aromatic N) is 1. The Labute approximate surface area is 148 Å². The normalized spacial score (nSPS) is 13.0. The van der Waals surface area contributed by atoms with Crippen molar-refractivity contribution in [1.29, 1.82) is 0 Å². The topological polar surface area (TPSA) is 49.4 Å². The highest BCUT2D eigenvalue weighted by Crippen LogP contribution is 2.30. The van der Waals surface area contributed by atoms with Crippen LogP contribution in [0.1, 0.15) is 41.8 Å². The number of rotatable bonds is 5. The average molecular weight is 336 g/mol. The summed E-state index contributed by atoms with van der Waals surface area (Å²) in [5.41, 5.74) is 3.93. The third-order valence-corrected chi connectivity index (χ3v) is 4.39. The fraction of sp³-hybridized carbons (Fsp3) is 0.333. The first-order valence-electron chi connectivity index (χ1n) is 8.80. The Hall–Kier alpha value is -2.62. The molecule has 1 N–H and O–H groups in total. The molecule has 130 valence electrons. The zero-order chi connectivity index (χ0) is 17.8. The van der Waals surface area contributed by atoms with Gasteiger partial charge in [0.15, 0.2) is 0 Å². The van der Waals surface area contributed by atoms with Crippen molar-refractivity contribution < 1.29 is 9.59 Å². The maximum absolute atomic E-state index is 12.7. The molecule has 25 heavy (non-hydrogen) atoms. The van der Waals surface area contributed by atoms with E-state index < -0.39 is 0 Å². The summed E-state index contributed by atoms with van der Waals surface area (Å²) < 4.78 is 0. The maximum atomic E-state index is 12.7. The Morgan fingerprint density at radius 2 is 1.88 bits per heavy atom. The highest BCUT2D eigenvalue weighted by atomic mass is 16.2. The largest absolute Gasteiger partial charge is 0.352 e. The first-order valence-corrected chi connectivity index (χ1v) is 8.80. The Balaban J connectivity index is 1.68. The van der Waals surface area contributed by atoms with Crippen molar-refractivity contribution in [2.45, 2.75) is 33.2 Å². The highest BCUT2D eigenvalue weighted by molar-refractivity contribution is 6.07. The van der Waals surface area contributed by atoms with Gasteiger partial charge in [-0.1, -0.05) is 44.2 Å². The molecule has 0 aromatic heterocycles. The van der Waals surface area contributed by atoms with Crippen LogP contribution in [0.15, 0.2) is 48.5 Å². The average Bonchev–Trinajstić information content (AvgIpc) is 3.02. The minimum atomic E-state index is 0.0392. The van der Waals surface area contributed by atoms with Crippen LogP contribution in [0.2, 0.25) is 0 Å². The van der Waals surface area contributed by atoms with Crippen LogP contribution < -0.4 is 10.2 Å². The molecular formula is C21H24N2O2. The van der Waals surface area contributed by atoms with Crippen LogP contribution >= 0.6 is 0 Å². The number of nitrogens with one attached hydrogen (secondary N) is 1. The van der Waals surface area contributed by atoms with Crippen molar-refractivity contribution in [3.8, 4) is 0 Å². The molecule has 2 aromatic rings. The van der Waals surface area contributed by atoms with Gasteiger partial charge in [0, 0.05) is 30.8 Å². The molecule has 1 aliphatic rings. The lowest BCUT2D eigenvalue weighted by molar-refractivity contribution is -0.121. The smallest absolute Gasteiger partial charge is 0.258 e. The van der Waals surface area contributed by atoms with Gasteiger partial charge in [-0.2, -0.15) is 0 Å². The van der Waals surface area contributed by atoms with E-state index >= 15 is 0 Å². The SMILES string of the molecule is CC(C)CC(=O)NCc1ccc2c(c1)CCN2C(=O)c1ccccc1. The summed E-state index contributed by atoms with van der Waals surface area (Å²) in [5.74, 6) is 0.478. The van der Waals surface area contributed by atoms with E-state index in [-0.39, 0.29) is 11.8 Å². The Morgan fingerprint density at radius 3 is 2.60 bits per heavy atom. The van der Waals surface area contributed by atoms with Gasteiger partial charge in [-0.15, -0.1) is 0 Å². The number of fused-ring (bicyclic) bond motifs is 1. The molecule has 0 saturated carbocycles. The van der Waals surface area contributed by atoms with Crippen LogP contribution in [0.4, 0.5) is 5.69 Å². The molecule has 4 heteroatoms. The number of amides is 2. The zero-order valence-electron chi connectivity index (χ0n) is 14.8. The van der Waals surface area contributed by atoms with E-state index in [0.717, 1.165) is 17.7 Å². The van der Waals surface area contributed by atoms with E-state index in [1.165, 1.54) is 5.56 Å². The predicted molar refractivity (Wildman–Crippen MR) is 99.6 cm³/mol. The molecule has 3 rings (SSSR count). The van der Waals surface area contributed by atoms with E-state index in [9.17, 15) is 9.59 Å². The van der Waals surface area contributed by atoms with Gasteiger partial charge < -0.3 is 10.2 Å². The molecular weight excluding hydrogens is 312 g/mol. The zero-order valence-corrected chi connectivity index (χ0v) is 14.8. The fourth-order valence-corrected chi connectivity index (χ4v) is 3.16. The first kappa shape index (κ1) is 17.2. The number of hydrogen-bond donors (Lipinski definition) is 1. The summed E-state index contributed by atoms with van der Waals surface area (Å²) >= 11 is 0. The molecule has 4 nitrogen and oxygen atoms in total. The van der Waals surface area contributed by atoms with Gasteiger partial charge in [-0.3, -0.25) is 9.59 Å². The van der Waals surface area contributed by atoms with E-state index in [1.807, 2.05) is 61.2 Å². The maximum Gasteiger partial charge on any atom is 0.258 e. The molecule has 1 heterocycles. The van der Waals surface area contributed by atoms with Gasteiger partial charge in [0.05, 0.1) is 0 Å².